The highest BCUT2D eigenvalue weighted by Gasteiger charge is 2.09. The normalized spacial score (nSPS) is 11.8. The lowest BCUT2D eigenvalue weighted by molar-refractivity contribution is -0.119. The summed E-state index contributed by atoms with van der Waals surface area (Å²) >= 11 is 5.07. The van der Waals surface area contributed by atoms with Crippen LogP contribution in [0.1, 0.15) is 24.1 Å². The number of halogens is 1. The predicted octanol–water partition coefficient (Wildman–Crippen LogP) is 4.57. The topological polar surface area (TPSA) is 38.3 Å². The van der Waals surface area contributed by atoms with Crippen molar-refractivity contribution in [3.63, 3.8) is 0 Å². The van der Waals surface area contributed by atoms with Gasteiger partial charge in [0.25, 0.3) is 0 Å². The molecule has 1 amide bonds. The Hall–Kier alpha value is -1.46. The van der Waals surface area contributed by atoms with Crippen LogP contribution in [0.25, 0.3) is 0 Å². The predicted molar refractivity (Wildman–Crippen MR) is 99.9 cm³/mol. The van der Waals surface area contributed by atoms with E-state index in [-0.39, 0.29) is 11.9 Å². The highest BCUT2D eigenvalue weighted by molar-refractivity contribution is 9.10. The zero-order valence-electron chi connectivity index (χ0n) is 13.2. The summed E-state index contributed by atoms with van der Waals surface area (Å²) in [6.07, 6.45) is 0. The number of hydrogen-bond acceptors (Lipinski definition) is 3. The molecule has 0 bridgehead atoms. The fourth-order valence-corrected chi connectivity index (χ4v) is 3.54. The quantitative estimate of drug-likeness (QED) is 0.748. The molecule has 5 heteroatoms. The van der Waals surface area contributed by atoms with Crippen molar-refractivity contribution in [1.82, 2.24) is 5.32 Å². The van der Waals surface area contributed by atoms with Gasteiger partial charge in [-0.2, -0.15) is 0 Å². The summed E-state index contributed by atoms with van der Waals surface area (Å²) in [5, 5.41) is 3.02. The number of rotatable bonds is 7. The van der Waals surface area contributed by atoms with Crippen LogP contribution in [0.2, 0.25) is 0 Å². The molecule has 1 N–H and O–H groups in total. The Labute approximate surface area is 149 Å². The molecule has 0 saturated heterocycles. The van der Waals surface area contributed by atoms with E-state index in [0.717, 1.165) is 27.1 Å². The minimum atomic E-state index is 0.0273. The van der Waals surface area contributed by atoms with Crippen LogP contribution in [0.4, 0.5) is 0 Å². The lowest BCUT2D eigenvalue weighted by Gasteiger charge is -2.14. The molecule has 2 aromatic rings. The van der Waals surface area contributed by atoms with E-state index in [1.807, 2.05) is 55.5 Å². The third-order valence-corrected chi connectivity index (χ3v) is 5.02. The van der Waals surface area contributed by atoms with Crippen LogP contribution >= 0.6 is 27.7 Å². The van der Waals surface area contributed by atoms with Gasteiger partial charge >= 0.3 is 0 Å². The largest absolute Gasteiger partial charge is 0.496 e. The van der Waals surface area contributed by atoms with Gasteiger partial charge in [0.2, 0.25) is 5.91 Å². The number of carbonyl (C=O) groups excluding carboxylic acids is 1. The second kappa shape index (κ2) is 8.99. The molecule has 23 heavy (non-hydrogen) atoms. The van der Waals surface area contributed by atoms with E-state index in [1.165, 1.54) is 0 Å². The smallest absolute Gasteiger partial charge is 0.230 e. The Morgan fingerprint density at radius 1 is 1.26 bits per heavy atom. The van der Waals surface area contributed by atoms with Gasteiger partial charge in [0.15, 0.2) is 0 Å². The van der Waals surface area contributed by atoms with Crippen molar-refractivity contribution in [1.29, 1.82) is 0 Å². The van der Waals surface area contributed by atoms with Crippen molar-refractivity contribution in [3.05, 3.63) is 64.1 Å². The van der Waals surface area contributed by atoms with Gasteiger partial charge in [-0.3, -0.25) is 4.79 Å². The number of benzene rings is 2. The molecule has 0 spiro atoms. The van der Waals surface area contributed by atoms with E-state index in [1.54, 1.807) is 18.9 Å². The van der Waals surface area contributed by atoms with Crippen molar-refractivity contribution >= 4 is 33.6 Å². The van der Waals surface area contributed by atoms with Crippen molar-refractivity contribution < 1.29 is 9.53 Å². The second-order valence-corrected chi connectivity index (χ2v) is 7.00. The van der Waals surface area contributed by atoms with E-state index in [0.29, 0.717) is 5.75 Å². The van der Waals surface area contributed by atoms with Gasteiger partial charge < -0.3 is 10.1 Å². The monoisotopic (exact) mass is 393 g/mol. The van der Waals surface area contributed by atoms with Gasteiger partial charge in [-0.15, -0.1) is 11.8 Å². The van der Waals surface area contributed by atoms with Crippen molar-refractivity contribution in [2.24, 2.45) is 0 Å². The molecule has 0 aliphatic carbocycles. The highest BCUT2D eigenvalue weighted by Crippen LogP contribution is 2.27. The van der Waals surface area contributed by atoms with Gasteiger partial charge in [0, 0.05) is 5.75 Å². The Morgan fingerprint density at radius 3 is 2.65 bits per heavy atom. The molecule has 0 aromatic heterocycles. The maximum Gasteiger partial charge on any atom is 0.230 e. The first-order valence-electron chi connectivity index (χ1n) is 7.34. The molecule has 3 nitrogen and oxygen atoms in total. The molecule has 0 aliphatic heterocycles. The zero-order valence-corrected chi connectivity index (χ0v) is 15.6. The van der Waals surface area contributed by atoms with E-state index < -0.39 is 0 Å². The van der Waals surface area contributed by atoms with Gasteiger partial charge in [0.1, 0.15) is 5.75 Å². The van der Waals surface area contributed by atoms with Crippen LogP contribution in [0.5, 0.6) is 5.75 Å². The minimum absolute atomic E-state index is 0.0273. The maximum atomic E-state index is 12.0. The molecule has 0 aliphatic rings. The fraction of sp³-hybridized carbons (Fsp3) is 0.278. The molecule has 0 fully saturated rings. The van der Waals surface area contributed by atoms with Crippen molar-refractivity contribution in [2.45, 2.75) is 18.7 Å². The Balaban J connectivity index is 1.77. The van der Waals surface area contributed by atoms with E-state index in [2.05, 4.69) is 21.2 Å². The van der Waals surface area contributed by atoms with E-state index in [9.17, 15) is 4.79 Å². The number of amides is 1. The third kappa shape index (κ3) is 5.59. The molecule has 0 radical (unpaired) electrons. The molecule has 0 saturated carbocycles. The fourth-order valence-electron chi connectivity index (χ4n) is 2.17. The number of carbonyl (C=O) groups is 1. The molecule has 2 rings (SSSR count). The van der Waals surface area contributed by atoms with Crippen LogP contribution in [-0.4, -0.2) is 18.8 Å². The summed E-state index contributed by atoms with van der Waals surface area (Å²) < 4.78 is 6.14. The summed E-state index contributed by atoms with van der Waals surface area (Å²) in [5.74, 6) is 2.10. The average molecular weight is 394 g/mol. The molecular weight excluding hydrogens is 374 g/mol. The minimum Gasteiger partial charge on any atom is -0.496 e. The average Bonchev–Trinajstić information content (AvgIpc) is 2.56. The van der Waals surface area contributed by atoms with E-state index >= 15 is 0 Å². The maximum absolute atomic E-state index is 12.0. The molecule has 122 valence electrons. The number of thioether (sulfide) groups is 1. The molecule has 2 aromatic carbocycles. The van der Waals surface area contributed by atoms with Crippen molar-refractivity contribution in [3.8, 4) is 5.75 Å². The highest BCUT2D eigenvalue weighted by atomic mass is 79.9. The first-order chi connectivity index (χ1) is 11.1. The summed E-state index contributed by atoms with van der Waals surface area (Å²) in [5.41, 5.74) is 2.27. The molecule has 1 atom stereocenters. The van der Waals surface area contributed by atoms with E-state index in [4.69, 9.17) is 4.74 Å². The third-order valence-electron chi connectivity index (χ3n) is 3.40. The standard InChI is InChI=1S/C18H20BrNO2S/c1-13(15-6-4-3-5-7-15)20-18(21)12-23-11-14-8-9-17(22-2)16(19)10-14/h3-10,13H,11-12H2,1-2H3,(H,20,21)/t13-/m1/s1. The summed E-state index contributed by atoms with van der Waals surface area (Å²) in [6.45, 7) is 2.00. The first-order valence-corrected chi connectivity index (χ1v) is 9.29. The van der Waals surface area contributed by atoms with Crippen LogP contribution in [0.3, 0.4) is 0 Å². The van der Waals surface area contributed by atoms with Gasteiger partial charge in [0.05, 0.1) is 23.4 Å². The summed E-state index contributed by atoms with van der Waals surface area (Å²) in [6, 6.07) is 16.0. The van der Waals surface area contributed by atoms with Gasteiger partial charge in [-0.25, -0.2) is 0 Å². The summed E-state index contributed by atoms with van der Waals surface area (Å²) in [7, 11) is 1.65. The molecule has 0 heterocycles. The van der Waals surface area contributed by atoms with Crippen LogP contribution in [0.15, 0.2) is 53.0 Å². The van der Waals surface area contributed by atoms with Crippen LogP contribution < -0.4 is 10.1 Å². The lowest BCUT2D eigenvalue weighted by atomic mass is 10.1. The van der Waals surface area contributed by atoms with Crippen molar-refractivity contribution in [2.75, 3.05) is 12.9 Å². The number of hydrogen-bond donors (Lipinski definition) is 1. The van der Waals surface area contributed by atoms with Crippen LogP contribution in [-0.2, 0) is 10.5 Å². The Kier molecular flexibility index (Phi) is 6.99. The Morgan fingerprint density at radius 2 is 2.00 bits per heavy atom. The number of methoxy groups -OCH3 is 1. The second-order valence-electron chi connectivity index (χ2n) is 5.16. The number of ether oxygens (including phenoxy) is 1. The van der Waals surface area contributed by atoms with Gasteiger partial charge in [-0.05, 0) is 46.1 Å². The zero-order chi connectivity index (χ0) is 16.7. The lowest BCUT2D eigenvalue weighted by Crippen LogP contribution is -2.28. The SMILES string of the molecule is COc1ccc(CSCC(=O)N[C@H](C)c2ccccc2)cc1Br. The summed E-state index contributed by atoms with van der Waals surface area (Å²) in [4.78, 5) is 12.0. The molecule has 0 unspecified atom stereocenters. The van der Waals surface area contributed by atoms with Crippen LogP contribution in [0, 0.1) is 0 Å². The molecular formula is C18H20BrNO2S. The number of nitrogens with one attached hydrogen (secondary N) is 1. The Bertz CT molecular complexity index is 649. The van der Waals surface area contributed by atoms with Gasteiger partial charge in [-0.1, -0.05) is 36.4 Å². The first kappa shape index (κ1) is 17.9.